The van der Waals surface area contributed by atoms with E-state index in [4.69, 9.17) is 16.3 Å². The van der Waals surface area contributed by atoms with E-state index in [0.29, 0.717) is 18.2 Å². The van der Waals surface area contributed by atoms with Crippen molar-refractivity contribution in [1.82, 2.24) is 9.78 Å². The fourth-order valence-electron chi connectivity index (χ4n) is 1.63. The van der Waals surface area contributed by atoms with Crippen molar-refractivity contribution >= 4 is 27.5 Å². The molecule has 19 heavy (non-hydrogen) atoms. The monoisotopic (exact) mass is 344 g/mol. The molecule has 1 aromatic carbocycles. The van der Waals surface area contributed by atoms with E-state index >= 15 is 0 Å². The summed E-state index contributed by atoms with van der Waals surface area (Å²) in [5, 5.41) is 14.6. The van der Waals surface area contributed by atoms with Gasteiger partial charge < -0.3 is 9.84 Å². The van der Waals surface area contributed by atoms with Crippen LogP contribution in [-0.4, -0.2) is 27.6 Å². The lowest BCUT2D eigenvalue weighted by molar-refractivity contribution is 0.0187. The van der Waals surface area contributed by atoms with E-state index in [9.17, 15) is 5.11 Å². The van der Waals surface area contributed by atoms with Gasteiger partial charge in [-0.2, -0.15) is 5.10 Å². The van der Waals surface area contributed by atoms with Crippen molar-refractivity contribution in [2.75, 3.05) is 6.61 Å². The number of hydrogen-bond donors (Lipinski definition) is 1. The highest BCUT2D eigenvalue weighted by atomic mass is 79.9. The molecule has 2 aromatic rings. The molecule has 2 rings (SSSR count). The molecule has 1 atom stereocenters. The summed E-state index contributed by atoms with van der Waals surface area (Å²) in [6.45, 7) is 1.02. The molecule has 0 aliphatic heterocycles. The lowest BCUT2D eigenvalue weighted by Gasteiger charge is -2.12. The highest BCUT2D eigenvalue weighted by molar-refractivity contribution is 9.10. The van der Waals surface area contributed by atoms with Crippen molar-refractivity contribution in [2.45, 2.75) is 19.3 Å². The van der Waals surface area contributed by atoms with Gasteiger partial charge in [0.25, 0.3) is 0 Å². The Balaban J connectivity index is 1.75. The fourth-order valence-corrected chi connectivity index (χ4v) is 2.15. The minimum Gasteiger partial charge on any atom is -0.389 e. The Hall–Kier alpha value is -0.880. The lowest BCUT2D eigenvalue weighted by Crippen LogP contribution is -2.22. The molecule has 0 spiro atoms. The third-order valence-electron chi connectivity index (χ3n) is 2.53. The first-order valence-corrected chi connectivity index (χ1v) is 6.99. The predicted octanol–water partition coefficient (Wildman–Crippen LogP) is 2.88. The van der Waals surface area contributed by atoms with E-state index in [1.54, 1.807) is 17.1 Å². The maximum absolute atomic E-state index is 9.83. The number of rotatable bonds is 6. The zero-order chi connectivity index (χ0) is 13.7. The molecule has 0 aliphatic carbocycles. The average Bonchev–Trinajstić information content (AvgIpc) is 2.77. The molecule has 0 bridgehead atoms. The largest absolute Gasteiger partial charge is 0.389 e. The van der Waals surface area contributed by atoms with E-state index in [1.165, 1.54) is 0 Å². The van der Waals surface area contributed by atoms with Crippen LogP contribution >= 0.6 is 27.5 Å². The van der Waals surface area contributed by atoms with Crippen LogP contribution < -0.4 is 0 Å². The van der Waals surface area contributed by atoms with E-state index < -0.39 is 6.10 Å². The number of halogens is 2. The maximum Gasteiger partial charge on any atom is 0.0969 e. The van der Waals surface area contributed by atoms with Gasteiger partial charge in [-0.1, -0.05) is 29.8 Å². The molecule has 0 radical (unpaired) electrons. The SMILES string of the molecule is O[C@@H](COCc1ccccc1Cl)Cn1cc(Br)cn1. The Kier molecular flexibility index (Phi) is 5.39. The minimum absolute atomic E-state index is 0.239. The van der Waals surface area contributed by atoms with E-state index in [1.807, 2.05) is 24.3 Å². The van der Waals surface area contributed by atoms with Gasteiger partial charge in [0.05, 0.1) is 36.5 Å². The summed E-state index contributed by atoms with van der Waals surface area (Å²) in [6, 6.07) is 7.50. The first-order valence-electron chi connectivity index (χ1n) is 5.82. The number of aromatic nitrogens is 2. The van der Waals surface area contributed by atoms with Crippen molar-refractivity contribution in [3.05, 3.63) is 51.7 Å². The highest BCUT2D eigenvalue weighted by Crippen LogP contribution is 2.15. The summed E-state index contributed by atoms with van der Waals surface area (Å²) in [5.74, 6) is 0. The zero-order valence-corrected chi connectivity index (χ0v) is 12.5. The molecule has 0 fully saturated rings. The van der Waals surface area contributed by atoms with E-state index in [0.717, 1.165) is 10.0 Å². The van der Waals surface area contributed by atoms with Crippen molar-refractivity contribution < 1.29 is 9.84 Å². The number of benzene rings is 1. The number of hydrogen-bond acceptors (Lipinski definition) is 3. The van der Waals surface area contributed by atoms with Gasteiger partial charge in [0, 0.05) is 11.2 Å². The summed E-state index contributed by atoms with van der Waals surface area (Å²) in [5.41, 5.74) is 0.915. The normalized spacial score (nSPS) is 12.6. The second-order valence-electron chi connectivity index (χ2n) is 4.14. The van der Waals surface area contributed by atoms with Gasteiger partial charge in [-0.3, -0.25) is 4.68 Å². The van der Waals surface area contributed by atoms with Gasteiger partial charge >= 0.3 is 0 Å². The second kappa shape index (κ2) is 7.05. The molecule has 0 amide bonds. The van der Waals surface area contributed by atoms with Crippen LogP contribution in [0.1, 0.15) is 5.56 Å². The van der Waals surface area contributed by atoms with Crippen LogP contribution in [0.5, 0.6) is 0 Å². The van der Waals surface area contributed by atoms with Crippen LogP contribution in [-0.2, 0) is 17.9 Å². The first kappa shape index (κ1) is 14.5. The minimum atomic E-state index is -0.603. The lowest BCUT2D eigenvalue weighted by atomic mass is 10.2. The Morgan fingerprint density at radius 2 is 2.21 bits per heavy atom. The van der Waals surface area contributed by atoms with Crippen LogP contribution in [0.2, 0.25) is 5.02 Å². The number of ether oxygens (including phenoxy) is 1. The molecule has 0 saturated carbocycles. The molecule has 1 N–H and O–H groups in total. The van der Waals surface area contributed by atoms with Crippen LogP contribution in [0.4, 0.5) is 0 Å². The van der Waals surface area contributed by atoms with Gasteiger partial charge in [-0.25, -0.2) is 0 Å². The molecule has 1 aromatic heterocycles. The second-order valence-corrected chi connectivity index (χ2v) is 5.46. The fraction of sp³-hybridized carbons (Fsp3) is 0.308. The van der Waals surface area contributed by atoms with E-state index in [2.05, 4.69) is 21.0 Å². The van der Waals surface area contributed by atoms with Crippen LogP contribution in [0, 0.1) is 0 Å². The van der Waals surface area contributed by atoms with Gasteiger partial charge in [0.2, 0.25) is 0 Å². The van der Waals surface area contributed by atoms with Crippen molar-refractivity contribution in [2.24, 2.45) is 0 Å². The van der Waals surface area contributed by atoms with E-state index in [-0.39, 0.29) is 6.61 Å². The average molecular weight is 346 g/mol. The molecule has 6 heteroatoms. The topological polar surface area (TPSA) is 47.3 Å². The van der Waals surface area contributed by atoms with Crippen molar-refractivity contribution in [3.63, 3.8) is 0 Å². The number of nitrogens with zero attached hydrogens (tertiary/aromatic N) is 2. The van der Waals surface area contributed by atoms with Gasteiger partial charge in [-0.05, 0) is 27.6 Å². The molecule has 1 heterocycles. The number of aliphatic hydroxyl groups is 1. The van der Waals surface area contributed by atoms with Gasteiger partial charge in [-0.15, -0.1) is 0 Å². The summed E-state index contributed by atoms with van der Waals surface area (Å²) in [6.07, 6.45) is 2.88. The maximum atomic E-state index is 9.83. The summed E-state index contributed by atoms with van der Waals surface area (Å²) >= 11 is 9.31. The zero-order valence-electron chi connectivity index (χ0n) is 10.2. The number of aliphatic hydroxyl groups excluding tert-OH is 1. The van der Waals surface area contributed by atoms with Crippen LogP contribution in [0.25, 0.3) is 0 Å². The summed E-state index contributed by atoms with van der Waals surface area (Å²) < 4.78 is 8.00. The third kappa shape index (κ3) is 4.62. The van der Waals surface area contributed by atoms with Crippen molar-refractivity contribution in [3.8, 4) is 0 Å². The smallest absolute Gasteiger partial charge is 0.0969 e. The summed E-state index contributed by atoms with van der Waals surface area (Å²) in [7, 11) is 0. The van der Waals surface area contributed by atoms with Crippen LogP contribution in [0.15, 0.2) is 41.1 Å². The Labute approximate surface area is 125 Å². The van der Waals surface area contributed by atoms with Gasteiger partial charge in [0.15, 0.2) is 0 Å². The third-order valence-corrected chi connectivity index (χ3v) is 3.30. The standard InChI is InChI=1S/C13H14BrClN2O2/c14-11-5-16-17(6-11)7-12(18)9-19-8-10-3-1-2-4-13(10)15/h1-6,12,18H,7-9H2/t12-/m1/s1. The van der Waals surface area contributed by atoms with Gasteiger partial charge in [0.1, 0.15) is 0 Å². The predicted molar refractivity (Wildman–Crippen MR) is 77.0 cm³/mol. The molecule has 0 unspecified atom stereocenters. The first-order chi connectivity index (χ1) is 9.15. The molecule has 102 valence electrons. The Morgan fingerprint density at radius 1 is 1.42 bits per heavy atom. The quantitative estimate of drug-likeness (QED) is 0.876. The Morgan fingerprint density at radius 3 is 2.89 bits per heavy atom. The summed E-state index contributed by atoms with van der Waals surface area (Å²) in [4.78, 5) is 0. The molecular formula is C13H14BrClN2O2. The molecule has 4 nitrogen and oxygen atoms in total. The molecule has 0 aliphatic rings. The Bertz CT molecular complexity index is 533. The van der Waals surface area contributed by atoms with Crippen LogP contribution in [0.3, 0.4) is 0 Å². The van der Waals surface area contributed by atoms with Crippen molar-refractivity contribution in [1.29, 1.82) is 0 Å². The highest BCUT2D eigenvalue weighted by Gasteiger charge is 2.07. The molecule has 0 saturated heterocycles. The molecular weight excluding hydrogens is 332 g/mol.